The third kappa shape index (κ3) is 6.39. The van der Waals surface area contributed by atoms with Gasteiger partial charge in [0, 0.05) is 6.04 Å². The van der Waals surface area contributed by atoms with E-state index < -0.39 is 0 Å². The minimum absolute atomic E-state index is 0.254. The fourth-order valence-corrected chi connectivity index (χ4v) is 2.40. The largest absolute Gasteiger partial charge is 0.376 e. The van der Waals surface area contributed by atoms with Gasteiger partial charge in [0.15, 0.2) is 0 Å². The normalized spacial score (nSPS) is 22.6. The van der Waals surface area contributed by atoms with E-state index in [9.17, 15) is 0 Å². The van der Waals surface area contributed by atoms with E-state index in [2.05, 4.69) is 12.2 Å². The van der Waals surface area contributed by atoms with E-state index in [1.165, 1.54) is 44.9 Å². The lowest BCUT2D eigenvalue weighted by molar-refractivity contribution is -0.102. The molecule has 0 aromatic heterocycles. The van der Waals surface area contributed by atoms with Crippen molar-refractivity contribution < 1.29 is 9.47 Å². The second-order valence-corrected chi connectivity index (χ2v) is 4.94. The Morgan fingerprint density at radius 1 is 1.12 bits per heavy atom. The Bertz CT molecular complexity index is 170. The second kappa shape index (κ2) is 9.86. The van der Waals surface area contributed by atoms with Crippen molar-refractivity contribution in [2.24, 2.45) is 0 Å². The van der Waals surface area contributed by atoms with Gasteiger partial charge in [-0.15, -0.1) is 0 Å². The summed E-state index contributed by atoms with van der Waals surface area (Å²) in [6.07, 6.45) is 9.60. The predicted octanol–water partition coefficient (Wildman–Crippen LogP) is 2.74. The molecule has 1 N–H and O–H groups in total. The van der Waals surface area contributed by atoms with Crippen LogP contribution in [0.2, 0.25) is 0 Å². The first-order valence-corrected chi connectivity index (χ1v) is 7.25. The molecule has 2 unspecified atom stereocenters. The topological polar surface area (TPSA) is 30.5 Å². The lowest BCUT2D eigenvalue weighted by Gasteiger charge is -2.30. The summed E-state index contributed by atoms with van der Waals surface area (Å²) >= 11 is 0. The predicted molar refractivity (Wildman–Crippen MR) is 71.4 cm³/mol. The number of ether oxygens (including phenoxy) is 2. The first kappa shape index (κ1) is 14.9. The number of hydrogen-bond acceptors (Lipinski definition) is 3. The molecule has 1 fully saturated rings. The van der Waals surface area contributed by atoms with Gasteiger partial charge in [-0.1, -0.05) is 45.4 Å². The molecular formula is C14H29NO2. The van der Waals surface area contributed by atoms with Gasteiger partial charge < -0.3 is 14.8 Å². The van der Waals surface area contributed by atoms with Gasteiger partial charge in [-0.3, -0.25) is 0 Å². The smallest absolute Gasteiger partial charge is 0.0961 e. The van der Waals surface area contributed by atoms with Crippen LogP contribution in [-0.2, 0) is 9.47 Å². The fraction of sp³-hybridized carbons (Fsp3) is 1.00. The zero-order valence-electron chi connectivity index (χ0n) is 11.5. The van der Waals surface area contributed by atoms with E-state index in [1.807, 2.05) is 7.05 Å². The number of nitrogens with one attached hydrogen (secondary N) is 1. The van der Waals surface area contributed by atoms with Gasteiger partial charge in [0.1, 0.15) is 0 Å². The van der Waals surface area contributed by atoms with Crippen molar-refractivity contribution in [3.8, 4) is 0 Å². The summed E-state index contributed by atoms with van der Waals surface area (Å²) in [5, 5.41) is 3.37. The summed E-state index contributed by atoms with van der Waals surface area (Å²) in [6.45, 7) is 4.52. The van der Waals surface area contributed by atoms with E-state index in [0.29, 0.717) is 6.04 Å². The van der Waals surface area contributed by atoms with Crippen LogP contribution in [0.5, 0.6) is 0 Å². The Balaban J connectivity index is 2.05. The van der Waals surface area contributed by atoms with Crippen molar-refractivity contribution in [3.63, 3.8) is 0 Å². The summed E-state index contributed by atoms with van der Waals surface area (Å²) in [5.41, 5.74) is 0. The minimum atomic E-state index is 0.254. The maximum Gasteiger partial charge on any atom is 0.0961 e. The molecule has 0 spiro atoms. The first-order valence-electron chi connectivity index (χ1n) is 7.25. The lowest BCUT2D eigenvalue weighted by atomic mass is 10.0. The third-order valence-electron chi connectivity index (χ3n) is 3.53. The van der Waals surface area contributed by atoms with E-state index in [-0.39, 0.29) is 6.10 Å². The van der Waals surface area contributed by atoms with Crippen LogP contribution in [0.3, 0.4) is 0 Å². The maximum absolute atomic E-state index is 5.74. The summed E-state index contributed by atoms with van der Waals surface area (Å²) in [6, 6.07) is 0.460. The highest BCUT2D eigenvalue weighted by Gasteiger charge is 2.23. The van der Waals surface area contributed by atoms with Gasteiger partial charge in [-0.2, -0.15) is 0 Å². The Labute approximate surface area is 106 Å². The minimum Gasteiger partial charge on any atom is -0.376 e. The molecule has 1 aliphatic rings. The quantitative estimate of drug-likeness (QED) is 0.632. The molecule has 1 heterocycles. The van der Waals surface area contributed by atoms with Gasteiger partial charge in [0.2, 0.25) is 0 Å². The van der Waals surface area contributed by atoms with Crippen LogP contribution in [0.1, 0.15) is 51.9 Å². The Morgan fingerprint density at radius 2 is 1.88 bits per heavy atom. The molecule has 2 atom stereocenters. The van der Waals surface area contributed by atoms with Gasteiger partial charge in [-0.25, -0.2) is 0 Å². The van der Waals surface area contributed by atoms with Crippen molar-refractivity contribution in [2.45, 2.75) is 64.0 Å². The molecule has 3 heteroatoms. The highest BCUT2D eigenvalue weighted by atomic mass is 16.6. The fourth-order valence-electron chi connectivity index (χ4n) is 2.40. The van der Waals surface area contributed by atoms with Crippen LogP contribution < -0.4 is 5.32 Å². The van der Waals surface area contributed by atoms with E-state index >= 15 is 0 Å². The van der Waals surface area contributed by atoms with Crippen molar-refractivity contribution >= 4 is 0 Å². The van der Waals surface area contributed by atoms with Crippen LogP contribution in [-0.4, -0.2) is 39.0 Å². The average Bonchev–Trinajstić information content (AvgIpc) is 2.39. The van der Waals surface area contributed by atoms with Gasteiger partial charge in [0.05, 0.1) is 25.9 Å². The molecule has 17 heavy (non-hydrogen) atoms. The highest BCUT2D eigenvalue weighted by Crippen LogP contribution is 2.14. The first-order chi connectivity index (χ1) is 8.38. The van der Waals surface area contributed by atoms with Crippen LogP contribution in [0.4, 0.5) is 0 Å². The van der Waals surface area contributed by atoms with Gasteiger partial charge in [-0.05, 0) is 13.5 Å². The molecule has 0 amide bonds. The van der Waals surface area contributed by atoms with E-state index in [0.717, 1.165) is 19.8 Å². The highest BCUT2D eigenvalue weighted by molar-refractivity contribution is 4.77. The van der Waals surface area contributed by atoms with Crippen molar-refractivity contribution in [3.05, 3.63) is 0 Å². The van der Waals surface area contributed by atoms with E-state index in [1.54, 1.807) is 0 Å². The Morgan fingerprint density at radius 3 is 2.53 bits per heavy atom. The Hall–Kier alpha value is -0.120. The molecule has 1 saturated heterocycles. The molecule has 3 nitrogen and oxygen atoms in total. The van der Waals surface area contributed by atoms with Crippen LogP contribution in [0, 0.1) is 0 Å². The summed E-state index contributed by atoms with van der Waals surface area (Å²) < 4.78 is 11.2. The number of unbranched alkanes of at least 4 members (excludes halogenated alkanes) is 5. The molecule has 0 aliphatic carbocycles. The molecule has 102 valence electrons. The zero-order chi connectivity index (χ0) is 12.3. The number of rotatable bonds is 9. The summed E-state index contributed by atoms with van der Waals surface area (Å²) in [5.74, 6) is 0. The van der Waals surface area contributed by atoms with Crippen molar-refractivity contribution in [1.82, 2.24) is 5.32 Å². The molecule has 0 saturated carbocycles. The van der Waals surface area contributed by atoms with Crippen LogP contribution in [0.25, 0.3) is 0 Å². The van der Waals surface area contributed by atoms with Crippen LogP contribution >= 0.6 is 0 Å². The number of hydrogen-bond donors (Lipinski definition) is 1. The van der Waals surface area contributed by atoms with Crippen molar-refractivity contribution in [1.29, 1.82) is 0 Å². The average molecular weight is 243 g/mol. The number of likely N-dealkylation sites (N-methyl/N-ethyl adjacent to an activating group) is 1. The molecule has 0 aromatic rings. The molecule has 0 aromatic carbocycles. The molecular weight excluding hydrogens is 214 g/mol. The molecule has 1 rings (SSSR count). The maximum atomic E-state index is 5.74. The van der Waals surface area contributed by atoms with E-state index in [4.69, 9.17) is 9.47 Å². The molecule has 1 aliphatic heterocycles. The summed E-state index contributed by atoms with van der Waals surface area (Å²) in [7, 11) is 2.03. The van der Waals surface area contributed by atoms with Gasteiger partial charge in [0.25, 0.3) is 0 Å². The zero-order valence-corrected chi connectivity index (χ0v) is 11.5. The lowest BCUT2D eigenvalue weighted by Crippen LogP contribution is -2.45. The SMILES string of the molecule is CCCCCCCCC(NC)C1COCCO1. The van der Waals surface area contributed by atoms with Gasteiger partial charge >= 0.3 is 0 Å². The Kier molecular flexibility index (Phi) is 8.67. The molecule has 0 bridgehead atoms. The second-order valence-electron chi connectivity index (χ2n) is 4.94. The third-order valence-corrected chi connectivity index (χ3v) is 3.53. The summed E-state index contributed by atoms with van der Waals surface area (Å²) in [4.78, 5) is 0. The molecule has 0 radical (unpaired) electrons. The monoisotopic (exact) mass is 243 g/mol. The van der Waals surface area contributed by atoms with Crippen LogP contribution in [0.15, 0.2) is 0 Å². The standard InChI is InChI=1S/C14H29NO2/c1-3-4-5-6-7-8-9-13(15-2)14-12-16-10-11-17-14/h13-15H,3-12H2,1-2H3. The van der Waals surface area contributed by atoms with Crippen molar-refractivity contribution in [2.75, 3.05) is 26.9 Å².